The number of aryl methyl sites for hydroxylation is 2. The highest BCUT2D eigenvalue weighted by Crippen LogP contribution is 2.22. The van der Waals surface area contributed by atoms with Crippen LogP contribution < -0.4 is 5.32 Å². The van der Waals surface area contributed by atoms with Gasteiger partial charge in [0, 0.05) is 11.4 Å². The topological polar surface area (TPSA) is 48.7 Å². The Morgan fingerprint density at radius 1 is 1.47 bits per heavy atom. The first kappa shape index (κ1) is 14.0. The van der Waals surface area contributed by atoms with Crippen LogP contribution >= 0.6 is 11.8 Å². The maximum atomic E-state index is 9.16. The van der Waals surface area contributed by atoms with Crippen LogP contribution in [0.2, 0.25) is 0 Å². The fourth-order valence-corrected chi connectivity index (χ4v) is 2.69. The number of pyridine rings is 1. The van der Waals surface area contributed by atoms with Crippen molar-refractivity contribution < 1.29 is 0 Å². The number of aromatic nitrogens is 1. The Kier molecular flexibility index (Phi) is 4.98. The average Bonchev–Trinajstić information content (AvgIpc) is 2.26. The predicted molar refractivity (Wildman–Crippen MR) is 72.1 cm³/mol. The monoisotopic (exact) mass is 249 g/mol. The number of nitrogens with zero attached hydrogens (tertiary/aromatic N) is 2. The Balaban J connectivity index is 2.69. The smallest absolute Gasteiger partial charge is 0.113 e. The third kappa shape index (κ3) is 4.37. The SMILES string of the molecule is CCNC(C)(C#N)CSc1cc(C)cc(C)n1. The van der Waals surface area contributed by atoms with Crippen molar-refractivity contribution in [1.82, 2.24) is 10.3 Å². The molecule has 0 bridgehead atoms. The standard InChI is InChI=1S/C13H19N3S/c1-5-15-13(4,8-14)9-17-12-7-10(2)6-11(3)16-12/h6-7,15H,5,9H2,1-4H3. The first-order chi connectivity index (χ1) is 7.99. The van der Waals surface area contributed by atoms with Crippen LogP contribution in [0.1, 0.15) is 25.1 Å². The molecule has 1 rings (SSSR count). The molecule has 0 amide bonds. The second-order valence-corrected chi connectivity index (χ2v) is 5.38. The highest BCUT2D eigenvalue weighted by atomic mass is 32.2. The van der Waals surface area contributed by atoms with Crippen molar-refractivity contribution in [3.05, 3.63) is 23.4 Å². The zero-order chi connectivity index (χ0) is 12.9. The summed E-state index contributed by atoms with van der Waals surface area (Å²) in [7, 11) is 0. The molecule has 0 aliphatic rings. The van der Waals surface area contributed by atoms with E-state index in [4.69, 9.17) is 5.26 Å². The second kappa shape index (κ2) is 6.04. The van der Waals surface area contributed by atoms with Crippen molar-refractivity contribution in [2.24, 2.45) is 0 Å². The molecule has 0 radical (unpaired) electrons. The zero-order valence-electron chi connectivity index (χ0n) is 10.9. The molecule has 0 aliphatic carbocycles. The molecule has 1 unspecified atom stereocenters. The van der Waals surface area contributed by atoms with Crippen molar-refractivity contribution in [1.29, 1.82) is 5.26 Å². The van der Waals surface area contributed by atoms with Gasteiger partial charge in [0.05, 0.1) is 11.1 Å². The van der Waals surface area contributed by atoms with Crippen LogP contribution in [0, 0.1) is 25.2 Å². The molecule has 1 aromatic rings. The summed E-state index contributed by atoms with van der Waals surface area (Å²) in [5.41, 5.74) is 1.75. The largest absolute Gasteiger partial charge is 0.299 e. The Bertz CT molecular complexity index is 405. The summed E-state index contributed by atoms with van der Waals surface area (Å²) in [6.45, 7) is 8.78. The van der Waals surface area contributed by atoms with E-state index in [1.165, 1.54) is 5.56 Å². The average molecular weight is 249 g/mol. The van der Waals surface area contributed by atoms with Gasteiger partial charge in [-0.2, -0.15) is 5.26 Å². The maximum absolute atomic E-state index is 9.16. The summed E-state index contributed by atoms with van der Waals surface area (Å²) in [4.78, 5) is 4.46. The Labute approximate surface area is 108 Å². The van der Waals surface area contributed by atoms with Crippen LogP contribution in [0.3, 0.4) is 0 Å². The van der Waals surface area contributed by atoms with E-state index in [0.29, 0.717) is 5.75 Å². The van der Waals surface area contributed by atoms with Crippen molar-refractivity contribution in [3.63, 3.8) is 0 Å². The first-order valence-electron chi connectivity index (χ1n) is 5.73. The minimum absolute atomic E-state index is 0.487. The minimum Gasteiger partial charge on any atom is -0.299 e. The minimum atomic E-state index is -0.487. The molecule has 0 fully saturated rings. The van der Waals surface area contributed by atoms with E-state index in [2.05, 4.69) is 35.4 Å². The molecule has 1 aromatic heterocycles. The summed E-state index contributed by atoms with van der Waals surface area (Å²) in [5, 5.41) is 13.3. The van der Waals surface area contributed by atoms with Gasteiger partial charge in [-0.05, 0) is 45.0 Å². The molecule has 92 valence electrons. The summed E-state index contributed by atoms with van der Waals surface area (Å²) in [5.74, 6) is 0.702. The lowest BCUT2D eigenvalue weighted by Crippen LogP contribution is -2.43. The molecular formula is C13H19N3S. The number of hydrogen-bond acceptors (Lipinski definition) is 4. The molecule has 0 aliphatic heterocycles. The fourth-order valence-electron chi connectivity index (χ4n) is 1.61. The van der Waals surface area contributed by atoms with Crippen LogP contribution in [0.4, 0.5) is 0 Å². The lowest BCUT2D eigenvalue weighted by Gasteiger charge is -2.21. The normalized spacial score (nSPS) is 14.1. The number of nitriles is 1. The highest BCUT2D eigenvalue weighted by Gasteiger charge is 2.22. The lowest BCUT2D eigenvalue weighted by atomic mass is 10.1. The number of nitrogens with one attached hydrogen (secondary N) is 1. The third-order valence-electron chi connectivity index (χ3n) is 2.40. The van der Waals surface area contributed by atoms with Gasteiger partial charge in [0.2, 0.25) is 0 Å². The summed E-state index contributed by atoms with van der Waals surface area (Å²) in [6.07, 6.45) is 0. The molecule has 0 saturated carbocycles. The van der Waals surface area contributed by atoms with E-state index < -0.39 is 5.54 Å². The van der Waals surface area contributed by atoms with Gasteiger partial charge >= 0.3 is 0 Å². The fraction of sp³-hybridized carbons (Fsp3) is 0.538. The quantitative estimate of drug-likeness (QED) is 0.815. The van der Waals surface area contributed by atoms with E-state index in [0.717, 1.165) is 17.3 Å². The Hall–Kier alpha value is -1.05. The summed E-state index contributed by atoms with van der Waals surface area (Å²) in [6, 6.07) is 6.43. The van der Waals surface area contributed by atoms with E-state index in [1.54, 1.807) is 11.8 Å². The predicted octanol–water partition coefficient (Wildman–Crippen LogP) is 2.68. The van der Waals surface area contributed by atoms with Crippen LogP contribution in [0.5, 0.6) is 0 Å². The molecule has 3 nitrogen and oxygen atoms in total. The lowest BCUT2D eigenvalue weighted by molar-refractivity contribution is 0.511. The van der Waals surface area contributed by atoms with Gasteiger partial charge < -0.3 is 0 Å². The van der Waals surface area contributed by atoms with Crippen molar-refractivity contribution in [3.8, 4) is 6.07 Å². The van der Waals surface area contributed by atoms with E-state index in [-0.39, 0.29) is 0 Å². The van der Waals surface area contributed by atoms with Gasteiger partial charge in [0.25, 0.3) is 0 Å². The summed E-state index contributed by atoms with van der Waals surface area (Å²) >= 11 is 1.62. The molecule has 0 spiro atoms. The van der Waals surface area contributed by atoms with Gasteiger partial charge in [-0.1, -0.05) is 6.92 Å². The van der Waals surface area contributed by atoms with Crippen LogP contribution in [0.15, 0.2) is 17.2 Å². The van der Waals surface area contributed by atoms with Crippen LogP contribution in [0.25, 0.3) is 0 Å². The second-order valence-electron chi connectivity index (χ2n) is 4.39. The molecule has 0 saturated heterocycles. The maximum Gasteiger partial charge on any atom is 0.113 e. The summed E-state index contributed by atoms with van der Waals surface area (Å²) < 4.78 is 0. The molecule has 1 atom stereocenters. The third-order valence-corrected chi connectivity index (χ3v) is 3.62. The van der Waals surface area contributed by atoms with Gasteiger partial charge in [-0.3, -0.25) is 5.32 Å². The van der Waals surface area contributed by atoms with E-state index >= 15 is 0 Å². The van der Waals surface area contributed by atoms with Gasteiger partial charge in [0.1, 0.15) is 5.54 Å². The van der Waals surface area contributed by atoms with Crippen LogP contribution in [-0.2, 0) is 0 Å². The van der Waals surface area contributed by atoms with E-state index in [1.807, 2.05) is 20.8 Å². The van der Waals surface area contributed by atoms with Gasteiger partial charge in [-0.15, -0.1) is 11.8 Å². The molecule has 1 N–H and O–H groups in total. The number of rotatable bonds is 5. The number of thioether (sulfide) groups is 1. The molecule has 17 heavy (non-hydrogen) atoms. The molecule has 4 heteroatoms. The van der Waals surface area contributed by atoms with E-state index in [9.17, 15) is 0 Å². The first-order valence-corrected chi connectivity index (χ1v) is 6.72. The van der Waals surface area contributed by atoms with Crippen molar-refractivity contribution >= 4 is 11.8 Å². The highest BCUT2D eigenvalue weighted by molar-refractivity contribution is 7.99. The number of hydrogen-bond donors (Lipinski definition) is 1. The molecular weight excluding hydrogens is 230 g/mol. The van der Waals surface area contributed by atoms with Crippen molar-refractivity contribution in [2.45, 2.75) is 38.3 Å². The Morgan fingerprint density at radius 2 is 2.18 bits per heavy atom. The van der Waals surface area contributed by atoms with Gasteiger partial charge in [0.15, 0.2) is 0 Å². The molecule has 0 aromatic carbocycles. The van der Waals surface area contributed by atoms with Crippen LogP contribution in [-0.4, -0.2) is 22.8 Å². The van der Waals surface area contributed by atoms with Gasteiger partial charge in [-0.25, -0.2) is 4.98 Å². The Morgan fingerprint density at radius 3 is 2.71 bits per heavy atom. The zero-order valence-corrected chi connectivity index (χ0v) is 11.7. The molecule has 1 heterocycles. The van der Waals surface area contributed by atoms with Crippen molar-refractivity contribution in [2.75, 3.05) is 12.3 Å².